The number of nitrogens with zero attached hydrogens (tertiary/aromatic N) is 3. The lowest BCUT2D eigenvalue weighted by molar-refractivity contribution is -0.124. The van der Waals surface area contributed by atoms with E-state index in [1.807, 2.05) is 77.6 Å². The SMILES string of the molecule is O=C1C(=Cc2cn(-c3ccccc3)nc2-c2ccccc2)NC(=S)N1C1CCCCC1. The summed E-state index contributed by atoms with van der Waals surface area (Å²) in [7, 11) is 0. The van der Waals surface area contributed by atoms with E-state index in [2.05, 4.69) is 5.32 Å². The highest BCUT2D eigenvalue weighted by molar-refractivity contribution is 7.80. The molecule has 1 saturated heterocycles. The van der Waals surface area contributed by atoms with Gasteiger partial charge in [0.25, 0.3) is 5.91 Å². The van der Waals surface area contributed by atoms with Crippen LogP contribution in [0.15, 0.2) is 72.6 Å². The van der Waals surface area contributed by atoms with Crippen molar-refractivity contribution in [1.82, 2.24) is 20.0 Å². The Morgan fingerprint density at radius 1 is 0.968 bits per heavy atom. The van der Waals surface area contributed by atoms with Gasteiger partial charge in [-0.25, -0.2) is 4.68 Å². The van der Waals surface area contributed by atoms with Crippen LogP contribution in [0.2, 0.25) is 0 Å². The van der Waals surface area contributed by atoms with Crippen molar-refractivity contribution in [3.8, 4) is 16.9 Å². The average molecular weight is 429 g/mol. The largest absolute Gasteiger partial charge is 0.328 e. The highest BCUT2D eigenvalue weighted by atomic mass is 32.1. The molecule has 2 aromatic carbocycles. The van der Waals surface area contributed by atoms with E-state index in [4.69, 9.17) is 17.3 Å². The second kappa shape index (κ2) is 8.47. The van der Waals surface area contributed by atoms with Crippen LogP contribution >= 0.6 is 12.2 Å². The van der Waals surface area contributed by atoms with Gasteiger partial charge in [0, 0.05) is 23.4 Å². The van der Waals surface area contributed by atoms with E-state index in [1.165, 1.54) is 6.42 Å². The average Bonchev–Trinajstić information content (AvgIpc) is 3.36. The zero-order valence-electron chi connectivity index (χ0n) is 17.2. The number of aromatic nitrogens is 2. The van der Waals surface area contributed by atoms with E-state index in [0.717, 1.165) is 48.2 Å². The summed E-state index contributed by atoms with van der Waals surface area (Å²) in [4.78, 5) is 15.0. The van der Waals surface area contributed by atoms with Gasteiger partial charge in [-0.2, -0.15) is 5.10 Å². The van der Waals surface area contributed by atoms with Crippen molar-refractivity contribution in [2.75, 3.05) is 0 Å². The van der Waals surface area contributed by atoms with Gasteiger partial charge in [0.05, 0.1) is 5.69 Å². The molecular formula is C25H24N4OS. The lowest BCUT2D eigenvalue weighted by Crippen LogP contribution is -2.41. The lowest BCUT2D eigenvalue weighted by Gasteiger charge is -2.29. The maximum atomic E-state index is 13.2. The number of amides is 1. The van der Waals surface area contributed by atoms with Crippen LogP contribution < -0.4 is 5.32 Å². The molecule has 6 heteroatoms. The van der Waals surface area contributed by atoms with Crippen molar-refractivity contribution in [2.24, 2.45) is 0 Å². The maximum Gasteiger partial charge on any atom is 0.276 e. The van der Waals surface area contributed by atoms with Crippen molar-refractivity contribution in [3.63, 3.8) is 0 Å². The molecule has 2 heterocycles. The first kappa shape index (κ1) is 19.7. The minimum Gasteiger partial charge on any atom is -0.328 e. The van der Waals surface area contributed by atoms with E-state index in [1.54, 1.807) is 4.90 Å². The Kier molecular flexibility index (Phi) is 5.38. The van der Waals surface area contributed by atoms with Gasteiger partial charge in [0.2, 0.25) is 0 Å². The molecule has 1 amide bonds. The Morgan fingerprint density at radius 3 is 2.35 bits per heavy atom. The zero-order chi connectivity index (χ0) is 21.2. The molecule has 0 radical (unpaired) electrons. The van der Waals surface area contributed by atoms with E-state index < -0.39 is 0 Å². The molecule has 0 unspecified atom stereocenters. The fourth-order valence-electron chi connectivity index (χ4n) is 4.40. The molecule has 3 aromatic rings. The second-order valence-corrected chi connectivity index (χ2v) is 8.42. The van der Waals surface area contributed by atoms with Crippen LogP contribution in [0.5, 0.6) is 0 Å². The van der Waals surface area contributed by atoms with Crippen LogP contribution in [-0.4, -0.2) is 31.7 Å². The molecule has 0 atom stereocenters. The number of para-hydroxylation sites is 1. The Morgan fingerprint density at radius 2 is 1.65 bits per heavy atom. The van der Waals surface area contributed by atoms with Gasteiger partial charge < -0.3 is 5.32 Å². The first-order chi connectivity index (χ1) is 15.2. The molecule has 2 aliphatic rings. The quantitative estimate of drug-likeness (QED) is 0.473. The minimum absolute atomic E-state index is 0.0385. The third-order valence-electron chi connectivity index (χ3n) is 5.96. The molecular weight excluding hydrogens is 404 g/mol. The number of thiocarbonyl (C=S) groups is 1. The molecule has 1 aliphatic carbocycles. The number of hydrogen-bond donors (Lipinski definition) is 1. The third kappa shape index (κ3) is 3.91. The summed E-state index contributed by atoms with van der Waals surface area (Å²) in [6, 6.07) is 20.2. The van der Waals surface area contributed by atoms with E-state index in [9.17, 15) is 4.79 Å². The summed E-state index contributed by atoms with van der Waals surface area (Å²) in [5, 5.41) is 8.51. The molecule has 31 heavy (non-hydrogen) atoms. The highest BCUT2D eigenvalue weighted by Crippen LogP contribution is 2.29. The number of benzene rings is 2. The number of nitrogens with one attached hydrogen (secondary N) is 1. The molecule has 1 saturated carbocycles. The Bertz CT molecular complexity index is 1130. The summed E-state index contributed by atoms with van der Waals surface area (Å²) >= 11 is 5.53. The minimum atomic E-state index is -0.0385. The molecule has 0 bridgehead atoms. The monoisotopic (exact) mass is 428 g/mol. The summed E-state index contributed by atoms with van der Waals surface area (Å²) in [5.74, 6) is -0.0385. The van der Waals surface area contributed by atoms with Crippen LogP contribution in [-0.2, 0) is 4.79 Å². The fourth-order valence-corrected chi connectivity index (χ4v) is 4.74. The van der Waals surface area contributed by atoms with Crippen LogP contribution in [0, 0.1) is 0 Å². The van der Waals surface area contributed by atoms with Gasteiger partial charge in [0.15, 0.2) is 5.11 Å². The van der Waals surface area contributed by atoms with Crippen molar-refractivity contribution in [3.05, 3.63) is 78.1 Å². The Balaban J connectivity index is 1.53. The number of hydrogen-bond acceptors (Lipinski definition) is 3. The number of carbonyl (C=O) groups excluding carboxylic acids is 1. The van der Waals surface area contributed by atoms with Gasteiger partial charge in [0.1, 0.15) is 11.4 Å². The summed E-state index contributed by atoms with van der Waals surface area (Å²) in [6.45, 7) is 0. The van der Waals surface area contributed by atoms with E-state index in [0.29, 0.717) is 10.8 Å². The molecule has 1 N–H and O–H groups in total. The van der Waals surface area contributed by atoms with Crippen molar-refractivity contribution >= 4 is 29.3 Å². The van der Waals surface area contributed by atoms with Crippen molar-refractivity contribution < 1.29 is 4.79 Å². The standard InChI is InChI=1S/C25H24N4OS/c30-24-22(26-25(31)29(24)21-14-8-3-9-15-21)16-19-17-28(20-12-6-2-7-13-20)27-23(19)18-10-4-1-5-11-18/h1-2,4-7,10-13,16-17,21H,3,8-9,14-15H2,(H,26,31). The van der Waals surface area contributed by atoms with E-state index >= 15 is 0 Å². The number of carbonyl (C=O) groups is 1. The molecule has 156 valence electrons. The summed E-state index contributed by atoms with van der Waals surface area (Å²) in [5.41, 5.74) is 4.18. The van der Waals surface area contributed by atoms with Crippen molar-refractivity contribution in [1.29, 1.82) is 0 Å². The summed E-state index contributed by atoms with van der Waals surface area (Å²) in [6.07, 6.45) is 9.42. The predicted octanol–water partition coefficient (Wildman–Crippen LogP) is 4.93. The predicted molar refractivity (Wildman–Crippen MR) is 126 cm³/mol. The van der Waals surface area contributed by atoms with Gasteiger partial charge in [-0.05, 0) is 43.3 Å². The topological polar surface area (TPSA) is 50.2 Å². The lowest BCUT2D eigenvalue weighted by atomic mass is 9.94. The van der Waals surface area contributed by atoms with E-state index in [-0.39, 0.29) is 11.9 Å². The number of rotatable bonds is 4. The third-order valence-corrected chi connectivity index (χ3v) is 6.26. The fraction of sp³-hybridized carbons (Fsp3) is 0.240. The molecule has 1 aliphatic heterocycles. The summed E-state index contributed by atoms with van der Waals surface area (Å²) < 4.78 is 1.85. The Labute approximate surface area is 187 Å². The van der Waals surface area contributed by atoms with Crippen LogP contribution in [0.4, 0.5) is 0 Å². The van der Waals surface area contributed by atoms with Gasteiger partial charge in [-0.3, -0.25) is 9.69 Å². The van der Waals surface area contributed by atoms with Crippen LogP contribution in [0.25, 0.3) is 23.0 Å². The first-order valence-corrected chi connectivity index (χ1v) is 11.2. The maximum absolute atomic E-state index is 13.2. The second-order valence-electron chi connectivity index (χ2n) is 8.03. The molecule has 5 nitrogen and oxygen atoms in total. The van der Waals surface area contributed by atoms with Gasteiger partial charge in [-0.1, -0.05) is 67.8 Å². The van der Waals surface area contributed by atoms with Gasteiger partial charge >= 0.3 is 0 Å². The van der Waals surface area contributed by atoms with Crippen molar-refractivity contribution in [2.45, 2.75) is 38.1 Å². The molecule has 1 aromatic heterocycles. The van der Waals surface area contributed by atoms with Gasteiger partial charge in [-0.15, -0.1) is 0 Å². The zero-order valence-corrected chi connectivity index (χ0v) is 18.0. The molecule has 5 rings (SSSR count). The highest BCUT2D eigenvalue weighted by Gasteiger charge is 2.36. The van der Waals surface area contributed by atoms with Crippen LogP contribution in [0.3, 0.4) is 0 Å². The first-order valence-electron chi connectivity index (χ1n) is 10.8. The molecule has 2 fully saturated rings. The smallest absolute Gasteiger partial charge is 0.276 e. The normalized spacial score (nSPS) is 18.6. The Hall–Kier alpha value is -3.25. The molecule has 0 spiro atoms. The van der Waals surface area contributed by atoms with Crippen LogP contribution in [0.1, 0.15) is 37.7 Å².